The lowest BCUT2D eigenvalue weighted by Crippen LogP contribution is -2.43. The van der Waals surface area contributed by atoms with Crippen LogP contribution in [0, 0.1) is 0 Å². The minimum absolute atomic E-state index is 0.109. The van der Waals surface area contributed by atoms with Crippen LogP contribution in [0.2, 0.25) is 0 Å². The third-order valence-corrected chi connectivity index (χ3v) is 4.97. The minimum Gasteiger partial charge on any atom is -0.483 e. The summed E-state index contributed by atoms with van der Waals surface area (Å²) in [6.07, 6.45) is 6.49. The molecule has 1 saturated heterocycles. The quantitative estimate of drug-likeness (QED) is 0.842. The number of fused-ring (bicyclic) bond motifs is 1. The van der Waals surface area contributed by atoms with Crippen molar-refractivity contribution in [2.75, 3.05) is 20.1 Å². The number of hydrogen-bond acceptors (Lipinski definition) is 2. The van der Waals surface area contributed by atoms with Gasteiger partial charge in [0.15, 0.2) is 0 Å². The van der Waals surface area contributed by atoms with Gasteiger partial charge in [-0.2, -0.15) is 0 Å². The van der Waals surface area contributed by atoms with Gasteiger partial charge in [-0.15, -0.1) is 0 Å². The first-order valence-electron chi connectivity index (χ1n) is 7.85. The topological polar surface area (TPSA) is 17.4 Å². The number of benzene rings is 1. The highest BCUT2D eigenvalue weighted by Crippen LogP contribution is 2.49. The number of nitrogens with zero attached hydrogens (tertiary/aromatic N) is 2. The normalized spacial score (nSPS) is 28.0. The molecule has 3 nitrogen and oxygen atoms in total. The van der Waals surface area contributed by atoms with Crippen LogP contribution < -0.4 is 4.74 Å². The van der Waals surface area contributed by atoms with Gasteiger partial charge in [-0.3, -0.25) is 0 Å². The van der Waals surface area contributed by atoms with Gasteiger partial charge >= 0.3 is 0 Å². The molecule has 3 heteroatoms. The van der Waals surface area contributed by atoms with Crippen LogP contribution in [0.25, 0.3) is 0 Å². The summed E-state index contributed by atoms with van der Waals surface area (Å²) in [4.78, 5) is 2.38. The van der Waals surface area contributed by atoms with E-state index in [1.54, 1.807) is 0 Å². The molecule has 2 unspecified atom stereocenters. The zero-order chi connectivity index (χ0) is 14.4. The summed E-state index contributed by atoms with van der Waals surface area (Å²) in [7, 11) is 2.19. The molecule has 4 rings (SSSR count). The van der Waals surface area contributed by atoms with E-state index in [9.17, 15) is 0 Å². The Bertz CT molecular complexity index is 649. The van der Waals surface area contributed by atoms with Gasteiger partial charge in [0, 0.05) is 37.5 Å². The smallest absolute Gasteiger partial charge is 0.148 e. The molecule has 0 radical (unpaired) electrons. The summed E-state index contributed by atoms with van der Waals surface area (Å²) in [5, 5.41) is 0. The Morgan fingerprint density at radius 1 is 1.29 bits per heavy atom. The average molecular weight is 282 g/mol. The molecular formula is C18H22N2O. The van der Waals surface area contributed by atoms with Crippen molar-refractivity contribution in [1.29, 1.82) is 0 Å². The molecular weight excluding hydrogens is 260 g/mol. The van der Waals surface area contributed by atoms with E-state index in [-0.39, 0.29) is 5.60 Å². The molecule has 1 aromatic carbocycles. The summed E-state index contributed by atoms with van der Waals surface area (Å²) in [5.41, 5.74) is 2.63. The van der Waals surface area contributed by atoms with Gasteiger partial charge in [-0.25, -0.2) is 0 Å². The number of aromatic nitrogens is 1. The molecule has 0 saturated carbocycles. The van der Waals surface area contributed by atoms with Gasteiger partial charge in [0.1, 0.15) is 17.4 Å². The highest BCUT2D eigenvalue weighted by molar-refractivity contribution is 5.46. The van der Waals surface area contributed by atoms with E-state index in [2.05, 4.69) is 66.2 Å². The first-order chi connectivity index (χ1) is 10.2. The average Bonchev–Trinajstić information content (AvgIpc) is 3.17. The molecule has 3 heterocycles. The summed E-state index contributed by atoms with van der Waals surface area (Å²) < 4.78 is 8.82. The Balaban J connectivity index is 1.85. The lowest BCUT2D eigenvalue weighted by Gasteiger charge is -2.31. The predicted octanol–water partition coefficient (Wildman–Crippen LogP) is 3.11. The van der Waals surface area contributed by atoms with Gasteiger partial charge in [-0.1, -0.05) is 13.0 Å². The molecule has 1 spiro atoms. The maximum atomic E-state index is 6.50. The third-order valence-electron chi connectivity index (χ3n) is 4.97. The van der Waals surface area contributed by atoms with Crippen LogP contribution in [0.1, 0.15) is 30.5 Å². The number of rotatable bonds is 2. The van der Waals surface area contributed by atoms with E-state index in [4.69, 9.17) is 4.74 Å². The van der Waals surface area contributed by atoms with Crippen molar-refractivity contribution in [1.82, 2.24) is 9.47 Å². The fourth-order valence-corrected chi connectivity index (χ4v) is 3.94. The van der Waals surface area contributed by atoms with Crippen molar-refractivity contribution in [3.8, 4) is 5.75 Å². The van der Waals surface area contributed by atoms with E-state index >= 15 is 0 Å². The first kappa shape index (κ1) is 13.0. The zero-order valence-electron chi connectivity index (χ0n) is 12.7. The van der Waals surface area contributed by atoms with Crippen molar-refractivity contribution in [2.24, 2.45) is 0 Å². The van der Waals surface area contributed by atoms with E-state index in [0.29, 0.717) is 6.04 Å². The zero-order valence-corrected chi connectivity index (χ0v) is 12.7. The SMILES string of the molecule is CCc1ccc2c(c1)C(n1cccc1)C1(CCN(C)C1)O2. The summed E-state index contributed by atoms with van der Waals surface area (Å²) in [6, 6.07) is 11.2. The van der Waals surface area contributed by atoms with Crippen molar-refractivity contribution in [3.63, 3.8) is 0 Å². The number of ether oxygens (including phenoxy) is 1. The Kier molecular flexibility index (Phi) is 2.86. The second-order valence-corrected chi connectivity index (χ2v) is 6.41. The Morgan fingerprint density at radius 2 is 2.10 bits per heavy atom. The molecule has 0 N–H and O–H groups in total. The lowest BCUT2D eigenvalue weighted by molar-refractivity contribution is 0.0695. The van der Waals surface area contributed by atoms with E-state index in [0.717, 1.165) is 31.7 Å². The molecule has 2 aliphatic heterocycles. The number of likely N-dealkylation sites (tertiary alicyclic amines) is 1. The molecule has 2 aromatic rings. The van der Waals surface area contributed by atoms with Gasteiger partial charge in [-0.05, 0) is 43.3 Å². The second kappa shape index (κ2) is 4.63. The number of hydrogen-bond donors (Lipinski definition) is 0. The van der Waals surface area contributed by atoms with Gasteiger partial charge < -0.3 is 14.2 Å². The standard InChI is InChI=1S/C18H22N2O/c1-3-14-6-7-16-15(12-14)17(20-9-4-5-10-20)18(21-16)8-11-19(2)13-18/h4-7,9-10,12,17H,3,8,11,13H2,1-2H3. The highest BCUT2D eigenvalue weighted by atomic mass is 16.5. The molecule has 2 atom stereocenters. The second-order valence-electron chi connectivity index (χ2n) is 6.41. The van der Waals surface area contributed by atoms with Crippen LogP contribution in [0.3, 0.4) is 0 Å². The van der Waals surface area contributed by atoms with Gasteiger partial charge in [0.25, 0.3) is 0 Å². The monoisotopic (exact) mass is 282 g/mol. The molecule has 1 fully saturated rings. The first-order valence-corrected chi connectivity index (χ1v) is 7.85. The Labute approximate surface area is 126 Å². The predicted molar refractivity (Wildman–Crippen MR) is 83.9 cm³/mol. The van der Waals surface area contributed by atoms with E-state index < -0.39 is 0 Å². The van der Waals surface area contributed by atoms with Crippen molar-refractivity contribution in [2.45, 2.75) is 31.4 Å². The molecule has 0 bridgehead atoms. The summed E-state index contributed by atoms with van der Waals surface area (Å²) in [6.45, 7) is 4.31. The molecule has 110 valence electrons. The van der Waals surface area contributed by atoms with Crippen LogP contribution in [0.4, 0.5) is 0 Å². The van der Waals surface area contributed by atoms with Gasteiger partial charge in [0.2, 0.25) is 0 Å². The molecule has 2 aliphatic rings. The molecule has 0 amide bonds. The molecule has 21 heavy (non-hydrogen) atoms. The van der Waals surface area contributed by atoms with Crippen LogP contribution >= 0.6 is 0 Å². The van der Waals surface area contributed by atoms with Gasteiger partial charge in [0.05, 0.1) is 0 Å². The number of aryl methyl sites for hydroxylation is 1. The van der Waals surface area contributed by atoms with Crippen molar-refractivity contribution < 1.29 is 4.74 Å². The lowest BCUT2D eigenvalue weighted by atomic mass is 9.89. The van der Waals surface area contributed by atoms with Crippen LogP contribution in [0.5, 0.6) is 5.75 Å². The molecule has 1 aromatic heterocycles. The van der Waals surface area contributed by atoms with E-state index in [1.165, 1.54) is 11.1 Å². The molecule has 0 aliphatic carbocycles. The van der Waals surface area contributed by atoms with Crippen molar-refractivity contribution in [3.05, 3.63) is 53.9 Å². The van der Waals surface area contributed by atoms with Crippen molar-refractivity contribution >= 4 is 0 Å². The summed E-state index contributed by atoms with van der Waals surface area (Å²) in [5.74, 6) is 1.07. The van der Waals surface area contributed by atoms with Crippen LogP contribution in [0.15, 0.2) is 42.7 Å². The maximum Gasteiger partial charge on any atom is 0.148 e. The third kappa shape index (κ3) is 1.91. The largest absolute Gasteiger partial charge is 0.483 e. The Hall–Kier alpha value is -1.74. The number of likely N-dealkylation sites (N-methyl/N-ethyl adjacent to an activating group) is 1. The maximum absolute atomic E-state index is 6.50. The van der Waals surface area contributed by atoms with Crippen LogP contribution in [-0.2, 0) is 6.42 Å². The minimum atomic E-state index is -0.109. The van der Waals surface area contributed by atoms with E-state index in [1.807, 2.05) is 0 Å². The Morgan fingerprint density at radius 3 is 2.76 bits per heavy atom. The summed E-state index contributed by atoms with van der Waals surface area (Å²) >= 11 is 0. The highest BCUT2D eigenvalue weighted by Gasteiger charge is 2.52. The fourth-order valence-electron chi connectivity index (χ4n) is 3.94. The van der Waals surface area contributed by atoms with Crippen LogP contribution in [-0.4, -0.2) is 35.2 Å². The fraction of sp³-hybridized carbons (Fsp3) is 0.444.